The van der Waals surface area contributed by atoms with E-state index >= 15 is 0 Å². The molecule has 3 rings (SSSR count). The number of rotatable bonds is 2. The van der Waals surface area contributed by atoms with Crippen LogP contribution in [0, 0.1) is 56.7 Å². The first-order valence-corrected chi connectivity index (χ1v) is 8.28. The third-order valence-corrected chi connectivity index (χ3v) is 5.40. The topological polar surface area (TPSA) is 104 Å². The summed E-state index contributed by atoms with van der Waals surface area (Å²) in [4.78, 5) is 0. The van der Waals surface area contributed by atoms with E-state index in [4.69, 9.17) is 10.1 Å². The molecule has 0 unspecified atom stereocenters. The molecule has 1 N–H and O–H groups in total. The summed E-state index contributed by atoms with van der Waals surface area (Å²) in [7, 11) is 1.56. The van der Waals surface area contributed by atoms with E-state index in [2.05, 4.69) is 18.2 Å². The second-order valence-corrected chi connectivity index (χ2v) is 6.47. The molecule has 1 saturated carbocycles. The van der Waals surface area contributed by atoms with E-state index < -0.39 is 17.3 Å². The van der Waals surface area contributed by atoms with Gasteiger partial charge in [0.25, 0.3) is 0 Å². The van der Waals surface area contributed by atoms with Crippen LogP contribution in [0.25, 0.3) is 0 Å². The number of nitriles is 3. The van der Waals surface area contributed by atoms with Gasteiger partial charge in [0.05, 0.1) is 31.0 Å². The zero-order valence-electron chi connectivity index (χ0n) is 14.0. The number of para-hydroxylation sites is 1. The Kier molecular flexibility index (Phi) is 4.30. The van der Waals surface area contributed by atoms with Crippen molar-refractivity contribution in [3.05, 3.63) is 41.5 Å². The number of nitrogens with one attached hydrogen (secondary N) is 1. The quantitative estimate of drug-likeness (QED) is 0.834. The minimum Gasteiger partial charge on any atom is -0.496 e. The second kappa shape index (κ2) is 6.42. The smallest absolute Gasteiger partial charge is 0.189 e. The molecule has 0 saturated heterocycles. The maximum atomic E-state index is 9.93. The van der Waals surface area contributed by atoms with Crippen molar-refractivity contribution >= 4 is 5.71 Å². The maximum Gasteiger partial charge on any atom is 0.189 e. The zero-order chi connectivity index (χ0) is 18.0. The number of methoxy groups -OCH3 is 1. The fourth-order valence-electron chi connectivity index (χ4n) is 4.28. The molecule has 0 heterocycles. The first kappa shape index (κ1) is 16.7. The van der Waals surface area contributed by atoms with Gasteiger partial charge in [-0.2, -0.15) is 15.8 Å². The Morgan fingerprint density at radius 3 is 2.56 bits per heavy atom. The van der Waals surface area contributed by atoms with Crippen LogP contribution in [0.15, 0.2) is 35.9 Å². The second-order valence-electron chi connectivity index (χ2n) is 6.47. The van der Waals surface area contributed by atoms with Gasteiger partial charge in [-0.15, -0.1) is 0 Å². The first-order chi connectivity index (χ1) is 12.1. The Balaban J connectivity index is 2.30. The molecule has 124 valence electrons. The average Bonchev–Trinajstić information content (AvgIpc) is 2.67. The molecule has 0 radical (unpaired) electrons. The van der Waals surface area contributed by atoms with E-state index in [9.17, 15) is 15.8 Å². The van der Waals surface area contributed by atoms with Crippen LogP contribution in [-0.2, 0) is 0 Å². The van der Waals surface area contributed by atoms with Gasteiger partial charge >= 0.3 is 0 Å². The highest BCUT2D eigenvalue weighted by Gasteiger charge is 2.57. The van der Waals surface area contributed by atoms with Gasteiger partial charge in [-0.05, 0) is 36.8 Å². The Morgan fingerprint density at radius 2 is 1.92 bits per heavy atom. The van der Waals surface area contributed by atoms with Gasteiger partial charge in [-0.3, -0.25) is 0 Å². The maximum absolute atomic E-state index is 9.93. The molecule has 25 heavy (non-hydrogen) atoms. The van der Waals surface area contributed by atoms with E-state index in [1.807, 2.05) is 24.3 Å². The number of nitrogens with zero attached hydrogens (tertiary/aromatic N) is 3. The number of fused-ring (bicyclic) bond motifs is 1. The average molecular weight is 330 g/mol. The number of benzene rings is 1. The Labute approximate surface area is 147 Å². The van der Waals surface area contributed by atoms with Crippen LogP contribution in [0.4, 0.5) is 0 Å². The number of hydrogen-bond donors (Lipinski definition) is 1. The van der Waals surface area contributed by atoms with Crippen molar-refractivity contribution in [3.63, 3.8) is 0 Å². The summed E-state index contributed by atoms with van der Waals surface area (Å²) in [5, 5.41) is 38.0. The van der Waals surface area contributed by atoms with Crippen LogP contribution in [0.3, 0.4) is 0 Å². The summed E-state index contributed by atoms with van der Waals surface area (Å²) in [6.07, 6.45) is 4.63. The van der Waals surface area contributed by atoms with Crippen LogP contribution >= 0.6 is 0 Å². The summed E-state index contributed by atoms with van der Waals surface area (Å²) in [5.74, 6) is -0.809. The van der Waals surface area contributed by atoms with E-state index in [1.165, 1.54) is 0 Å². The summed E-state index contributed by atoms with van der Waals surface area (Å²) < 4.78 is 5.48. The molecule has 0 spiro atoms. The predicted octanol–water partition coefficient (Wildman–Crippen LogP) is 3.71. The molecule has 5 heteroatoms. The minimum atomic E-state index is -1.66. The van der Waals surface area contributed by atoms with Crippen LogP contribution in [0.5, 0.6) is 5.75 Å². The molecular formula is C20H18N4O. The van der Waals surface area contributed by atoms with Crippen LogP contribution in [0.2, 0.25) is 0 Å². The molecule has 0 bridgehead atoms. The molecule has 5 nitrogen and oxygen atoms in total. The molecule has 1 fully saturated rings. The molecule has 3 atom stereocenters. The van der Waals surface area contributed by atoms with Crippen molar-refractivity contribution in [2.24, 2.45) is 17.3 Å². The van der Waals surface area contributed by atoms with Gasteiger partial charge < -0.3 is 10.1 Å². The number of hydrogen-bond acceptors (Lipinski definition) is 5. The highest BCUT2D eigenvalue weighted by Crippen LogP contribution is 2.56. The fraction of sp³-hybridized carbons (Fsp3) is 0.400. The Hall–Kier alpha value is -3.10. The SMILES string of the molecule is COc1ccccc1[C@H]1[C@@H]2CCCC=C2[C@H](C#N)C(=N)C1(C#N)C#N. The minimum absolute atomic E-state index is 0.108. The summed E-state index contributed by atoms with van der Waals surface area (Å²) in [6, 6.07) is 13.7. The molecule has 1 aromatic carbocycles. The van der Waals surface area contributed by atoms with Crippen LogP contribution in [-0.4, -0.2) is 12.8 Å². The van der Waals surface area contributed by atoms with Crippen LogP contribution in [0.1, 0.15) is 30.7 Å². The van der Waals surface area contributed by atoms with Crippen molar-refractivity contribution in [1.29, 1.82) is 21.2 Å². The number of ether oxygens (including phenoxy) is 1. The van der Waals surface area contributed by atoms with Gasteiger partial charge in [-0.1, -0.05) is 24.3 Å². The van der Waals surface area contributed by atoms with E-state index in [1.54, 1.807) is 13.2 Å². The van der Waals surface area contributed by atoms with Gasteiger partial charge in [-0.25, -0.2) is 0 Å². The van der Waals surface area contributed by atoms with Gasteiger partial charge in [0.15, 0.2) is 5.41 Å². The highest BCUT2D eigenvalue weighted by molar-refractivity contribution is 6.00. The summed E-state index contributed by atoms with van der Waals surface area (Å²) in [6.45, 7) is 0. The molecule has 1 aromatic rings. The van der Waals surface area contributed by atoms with Crippen LogP contribution < -0.4 is 4.74 Å². The lowest BCUT2D eigenvalue weighted by Gasteiger charge is -2.46. The molecular weight excluding hydrogens is 312 g/mol. The third-order valence-electron chi connectivity index (χ3n) is 5.40. The molecule has 2 aliphatic carbocycles. The lowest BCUT2D eigenvalue weighted by atomic mass is 9.53. The Bertz CT molecular complexity index is 851. The normalized spacial score (nSPS) is 27.0. The van der Waals surface area contributed by atoms with Gasteiger partial charge in [0.2, 0.25) is 0 Å². The lowest BCUT2D eigenvalue weighted by Crippen LogP contribution is -2.48. The van der Waals surface area contributed by atoms with Crippen molar-refractivity contribution in [1.82, 2.24) is 0 Å². The fourth-order valence-corrected chi connectivity index (χ4v) is 4.28. The van der Waals surface area contributed by atoms with Crippen molar-refractivity contribution in [2.75, 3.05) is 7.11 Å². The lowest BCUT2D eigenvalue weighted by molar-refractivity contribution is 0.308. The van der Waals surface area contributed by atoms with Crippen molar-refractivity contribution < 1.29 is 4.74 Å². The summed E-state index contributed by atoms with van der Waals surface area (Å²) in [5.41, 5.74) is -0.128. The highest BCUT2D eigenvalue weighted by atomic mass is 16.5. The Morgan fingerprint density at radius 1 is 1.20 bits per heavy atom. The van der Waals surface area contributed by atoms with Crippen molar-refractivity contribution in [3.8, 4) is 24.0 Å². The number of allylic oxidation sites excluding steroid dienone is 2. The van der Waals surface area contributed by atoms with Crippen molar-refractivity contribution in [2.45, 2.75) is 25.2 Å². The van der Waals surface area contributed by atoms with E-state index in [-0.39, 0.29) is 11.6 Å². The van der Waals surface area contributed by atoms with Gasteiger partial charge in [0, 0.05) is 11.5 Å². The van der Waals surface area contributed by atoms with E-state index in [0.717, 1.165) is 30.4 Å². The molecule has 0 amide bonds. The molecule has 2 aliphatic rings. The molecule has 0 aliphatic heterocycles. The molecule has 0 aromatic heterocycles. The zero-order valence-corrected chi connectivity index (χ0v) is 14.0. The first-order valence-electron chi connectivity index (χ1n) is 8.28. The predicted molar refractivity (Wildman–Crippen MR) is 91.6 cm³/mol. The monoisotopic (exact) mass is 330 g/mol. The largest absolute Gasteiger partial charge is 0.496 e. The van der Waals surface area contributed by atoms with Gasteiger partial charge in [0.1, 0.15) is 11.7 Å². The standard InChI is InChI=1S/C20H18N4O/c1-25-17-9-5-4-8-15(17)18-14-7-3-2-6-13(14)16(10-21)19(24)20(18,11-22)12-23/h4-6,8-9,14,16,18,24H,2-3,7H2,1H3/t14-,16+,18-/m1/s1. The van der Waals surface area contributed by atoms with E-state index in [0.29, 0.717) is 5.75 Å². The third kappa shape index (κ3) is 2.31. The summed E-state index contributed by atoms with van der Waals surface area (Å²) >= 11 is 0.